The van der Waals surface area contributed by atoms with Crippen LogP contribution < -0.4 is 9.64 Å². The highest BCUT2D eigenvalue weighted by molar-refractivity contribution is 7.99. The minimum atomic E-state index is -3.81. The van der Waals surface area contributed by atoms with E-state index < -0.39 is 16.0 Å². The SMILES string of the molecule is CCCCC1CN(c2ccccc2)c2cc(SCC)c(O/C=C/C(=O)O)cc2S(=O)(=O)N1C. The van der Waals surface area contributed by atoms with E-state index in [1.54, 1.807) is 7.05 Å². The first-order valence-corrected chi connectivity index (χ1v) is 13.4. The molecule has 0 saturated heterocycles. The summed E-state index contributed by atoms with van der Waals surface area (Å²) in [5.74, 6) is -0.0829. The highest BCUT2D eigenvalue weighted by atomic mass is 32.2. The number of benzene rings is 2. The number of para-hydroxylation sites is 1. The first-order chi connectivity index (χ1) is 15.8. The Labute approximate surface area is 200 Å². The summed E-state index contributed by atoms with van der Waals surface area (Å²) in [6.07, 6.45) is 4.60. The lowest BCUT2D eigenvalue weighted by Crippen LogP contribution is -2.40. The number of rotatable bonds is 9. The van der Waals surface area contributed by atoms with Gasteiger partial charge in [-0.25, -0.2) is 13.2 Å². The molecule has 0 aliphatic carbocycles. The van der Waals surface area contributed by atoms with E-state index in [0.717, 1.165) is 47.9 Å². The van der Waals surface area contributed by atoms with Gasteiger partial charge in [0.05, 0.1) is 22.9 Å². The molecule has 1 atom stereocenters. The maximum Gasteiger partial charge on any atom is 0.331 e. The first kappa shape index (κ1) is 25.1. The van der Waals surface area contributed by atoms with Crippen LogP contribution in [0, 0.1) is 0 Å². The molecular weight excluding hydrogens is 460 g/mol. The van der Waals surface area contributed by atoms with Gasteiger partial charge in [0.25, 0.3) is 0 Å². The predicted molar refractivity (Wildman–Crippen MR) is 132 cm³/mol. The van der Waals surface area contributed by atoms with Gasteiger partial charge in [0.15, 0.2) is 0 Å². The largest absolute Gasteiger partial charge is 0.478 e. The highest BCUT2D eigenvalue weighted by Gasteiger charge is 2.37. The molecule has 0 radical (unpaired) electrons. The Bertz CT molecular complexity index is 1100. The number of carbonyl (C=O) groups is 1. The summed E-state index contributed by atoms with van der Waals surface area (Å²) in [5, 5.41) is 8.89. The molecule has 0 amide bonds. The number of hydrogen-bond acceptors (Lipinski definition) is 6. The number of anilines is 2. The number of nitrogens with zero attached hydrogens (tertiary/aromatic N) is 2. The zero-order valence-corrected chi connectivity index (χ0v) is 20.7. The summed E-state index contributed by atoms with van der Waals surface area (Å²) >= 11 is 1.51. The van der Waals surface area contributed by atoms with Gasteiger partial charge < -0.3 is 14.7 Å². The van der Waals surface area contributed by atoms with Gasteiger partial charge in [0.1, 0.15) is 10.6 Å². The van der Waals surface area contributed by atoms with E-state index in [0.29, 0.717) is 18.0 Å². The number of aliphatic carboxylic acids is 1. The Balaban J connectivity index is 2.21. The maximum absolute atomic E-state index is 13.7. The molecule has 33 heavy (non-hydrogen) atoms. The van der Waals surface area contributed by atoms with Crippen molar-refractivity contribution in [3.63, 3.8) is 0 Å². The number of thioether (sulfide) groups is 1. The molecule has 1 aliphatic rings. The minimum Gasteiger partial charge on any atom is -0.478 e. The van der Waals surface area contributed by atoms with Gasteiger partial charge in [-0.05, 0) is 30.4 Å². The number of hydrogen-bond donors (Lipinski definition) is 1. The average Bonchev–Trinajstić information content (AvgIpc) is 2.87. The number of sulfonamides is 1. The molecule has 1 aliphatic heterocycles. The monoisotopic (exact) mass is 490 g/mol. The van der Waals surface area contributed by atoms with E-state index in [-0.39, 0.29) is 10.9 Å². The van der Waals surface area contributed by atoms with Crippen LogP contribution in [0.1, 0.15) is 33.1 Å². The third kappa shape index (κ3) is 5.72. The molecule has 0 fully saturated rings. The first-order valence-electron chi connectivity index (χ1n) is 11.0. The number of carboxylic acid groups (broad SMARTS) is 1. The van der Waals surface area contributed by atoms with Crippen molar-refractivity contribution in [1.82, 2.24) is 4.31 Å². The maximum atomic E-state index is 13.7. The molecular formula is C24H30N2O5S2. The number of carboxylic acids is 1. The minimum absolute atomic E-state index is 0.145. The van der Waals surface area contributed by atoms with Gasteiger partial charge in [-0.1, -0.05) is 44.9 Å². The predicted octanol–water partition coefficient (Wildman–Crippen LogP) is 5.11. The van der Waals surface area contributed by atoms with Crippen LogP contribution in [0.2, 0.25) is 0 Å². The second-order valence-electron chi connectivity index (χ2n) is 7.72. The topological polar surface area (TPSA) is 87.1 Å². The molecule has 0 spiro atoms. The molecule has 3 rings (SSSR count). The zero-order chi connectivity index (χ0) is 24.0. The highest BCUT2D eigenvalue weighted by Crippen LogP contribution is 2.43. The second kappa shape index (κ2) is 11.1. The lowest BCUT2D eigenvalue weighted by atomic mass is 10.1. The second-order valence-corrected chi connectivity index (χ2v) is 11.0. The van der Waals surface area contributed by atoms with Crippen LogP contribution in [-0.2, 0) is 14.8 Å². The van der Waals surface area contributed by atoms with Gasteiger partial charge in [0, 0.05) is 31.4 Å². The van der Waals surface area contributed by atoms with E-state index in [1.807, 2.05) is 43.3 Å². The van der Waals surface area contributed by atoms with Crippen LogP contribution in [-0.4, -0.2) is 49.2 Å². The Kier molecular flexibility index (Phi) is 8.45. The summed E-state index contributed by atoms with van der Waals surface area (Å²) in [7, 11) is -2.18. The number of likely N-dealkylation sites (N-methyl/N-ethyl adjacent to an activating group) is 1. The molecule has 1 N–H and O–H groups in total. The van der Waals surface area contributed by atoms with Crippen LogP contribution in [0.25, 0.3) is 0 Å². The third-order valence-electron chi connectivity index (χ3n) is 5.54. The van der Waals surface area contributed by atoms with Crippen molar-refractivity contribution in [3.8, 4) is 5.75 Å². The molecule has 0 aromatic heterocycles. The summed E-state index contributed by atoms with van der Waals surface area (Å²) in [5.41, 5.74) is 1.51. The smallest absolute Gasteiger partial charge is 0.331 e. The van der Waals surface area contributed by atoms with Crippen molar-refractivity contribution in [2.45, 2.75) is 48.9 Å². The van der Waals surface area contributed by atoms with Crippen LogP contribution in [0.15, 0.2) is 64.6 Å². The van der Waals surface area contributed by atoms with Crippen molar-refractivity contribution >= 4 is 39.1 Å². The van der Waals surface area contributed by atoms with Gasteiger partial charge in [-0.3, -0.25) is 0 Å². The molecule has 1 unspecified atom stereocenters. The fourth-order valence-corrected chi connectivity index (χ4v) is 6.13. The quantitative estimate of drug-likeness (QED) is 0.297. The van der Waals surface area contributed by atoms with Crippen molar-refractivity contribution < 1.29 is 23.1 Å². The standard InChI is InChI=1S/C24H30N2O5S2/c1-4-6-10-19-17-26(18-11-8-7-9-12-18)20-15-22(32-5-2)21(31-14-13-24(27)28)16-23(20)33(29,30)25(19)3/h7-9,11-16,19H,4-6,10,17H2,1-3H3,(H,27,28)/b14-13+. The van der Waals surface area contributed by atoms with Gasteiger partial charge in [-0.2, -0.15) is 4.31 Å². The molecule has 178 valence electrons. The van der Waals surface area contributed by atoms with Crippen molar-refractivity contribution in [1.29, 1.82) is 0 Å². The van der Waals surface area contributed by atoms with Crippen LogP contribution in [0.3, 0.4) is 0 Å². The lowest BCUT2D eigenvalue weighted by molar-refractivity contribution is -0.131. The molecule has 7 nitrogen and oxygen atoms in total. The number of unbranched alkanes of at least 4 members (excludes halogenated alkanes) is 1. The Hall–Kier alpha value is -2.49. The van der Waals surface area contributed by atoms with E-state index in [1.165, 1.54) is 22.1 Å². The molecule has 0 saturated carbocycles. The lowest BCUT2D eigenvalue weighted by Gasteiger charge is -2.29. The molecule has 0 bridgehead atoms. The van der Waals surface area contributed by atoms with E-state index >= 15 is 0 Å². The van der Waals surface area contributed by atoms with Crippen molar-refractivity contribution in [3.05, 3.63) is 54.8 Å². The van der Waals surface area contributed by atoms with E-state index in [2.05, 4.69) is 11.8 Å². The van der Waals surface area contributed by atoms with Crippen molar-refractivity contribution in [2.75, 3.05) is 24.2 Å². The van der Waals surface area contributed by atoms with Gasteiger partial charge in [0.2, 0.25) is 10.0 Å². The molecule has 1 heterocycles. The van der Waals surface area contributed by atoms with Crippen molar-refractivity contribution in [2.24, 2.45) is 0 Å². The summed E-state index contributed by atoms with van der Waals surface area (Å²) in [6.45, 7) is 4.62. The summed E-state index contributed by atoms with van der Waals surface area (Å²) in [4.78, 5) is 13.8. The number of ether oxygens (including phenoxy) is 1. The fraction of sp³-hybridized carbons (Fsp3) is 0.375. The van der Waals surface area contributed by atoms with E-state index in [4.69, 9.17) is 9.84 Å². The third-order valence-corrected chi connectivity index (χ3v) is 8.40. The number of fused-ring (bicyclic) bond motifs is 1. The fourth-order valence-electron chi connectivity index (χ4n) is 3.81. The van der Waals surface area contributed by atoms with Crippen LogP contribution in [0.5, 0.6) is 5.75 Å². The summed E-state index contributed by atoms with van der Waals surface area (Å²) in [6, 6.07) is 12.9. The summed E-state index contributed by atoms with van der Waals surface area (Å²) < 4.78 is 34.5. The van der Waals surface area contributed by atoms with Gasteiger partial charge in [-0.15, -0.1) is 11.8 Å². The molecule has 9 heteroatoms. The van der Waals surface area contributed by atoms with Gasteiger partial charge >= 0.3 is 5.97 Å². The Morgan fingerprint density at radius 1 is 1.24 bits per heavy atom. The Morgan fingerprint density at radius 3 is 2.61 bits per heavy atom. The zero-order valence-electron chi connectivity index (χ0n) is 19.1. The average molecular weight is 491 g/mol. The molecule has 2 aromatic rings. The van der Waals surface area contributed by atoms with Crippen LogP contribution in [0.4, 0.5) is 11.4 Å². The normalized spacial score (nSPS) is 18.2. The van der Waals surface area contributed by atoms with Crippen LogP contribution >= 0.6 is 11.8 Å². The molecule has 2 aromatic carbocycles. The van der Waals surface area contributed by atoms with E-state index in [9.17, 15) is 13.2 Å². The Morgan fingerprint density at radius 2 is 1.97 bits per heavy atom.